The molecule has 0 saturated heterocycles. The lowest BCUT2D eigenvalue weighted by molar-refractivity contribution is 0.990. The summed E-state index contributed by atoms with van der Waals surface area (Å²) in [7, 11) is 0. The fraction of sp³-hybridized carbons (Fsp3) is 0.222. The molecule has 1 heterocycles. The van der Waals surface area contributed by atoms with Crippen LogP contribution in [0.5, 0.6) is 0 Å². The number of allylic oxidation sites excluding steroid dienone is 3. The monoisotopic (exact) mass is 133 g/mol. The summed E-state index contributed by atoms with van der Waals surface area (Å²) in [5, 5.41) is 0. The SMILES string of the molecule is C=C/C=C1/N=CC(C)C1=C. The zero-order valence-corrected chi connectivity index (χ0v) is 6.17. The fourth-order valence-corrected chi connectivity index (χ4v) is 0.860. The van der Waals surface area contributed by atoms with E-state index in [1.54, 1.807) is 6.08 Å². The van der Waals surface area contributed by atoms with Gasteiger partial charge in [-0.1, -0.05) is 26.2 Å². The molecule has 10 heavy (non-hydrogen) atoms. The van der Waals surface area contributed by atoms with Crippen molar-refractivity contribution in [2.24, 2.45) is 10.9 Å². The Labute approximate surface area is 61.5 Å². The molecule has 52 valence electrons. The van der Waals surface area contributed by atoms with Gasteiger partial charge in [0, 0.05) is 12.1 Å². The molecular formula is C9H11N. The van der Waals surface area contributed by atoms with Crippen LogP contribution in [0.4, 0.5) is 0 Å². The van der Waals surface area contributed by atoms with Crippen LogP contribution in [0.15, 0.2) is 41.6 Å². The van der Waals surface area contributed by atoms with Crippen LogP contribution in [0.2, 0.25) is 0 Å². The second kappa shape index (κ2) is 2.65. The third-order valence-electron chi connectivity index (χ3n) is 1.59. The minimum absolute atomic E-state index is 0.395. The van der Waals surface area contributed by atoms with Crippen LogP contribution in [0.1, 0.15) is 6.92 Å². The molecule has 1 aliphatic heterocycles. The van der Waals surface area contributed by atoms with Crippen molar-refractivity contribution < 1.29 is 0 Å². The van der Waals surface area contributed by atoms with Gasteiger partial charge in [-0.05, 0) is 11.6 Å². The normalized spacial score (nSPS) is 27.9. The third-order valence-corrected chi connectivity index (χ3v) is 1.59. The maximum Gasteiger partial charge on any atom is 0.0658 e. The number of hydrogen-bond acceptors (Lipinski definition) is 1. The number of aliphatic imine (C=N–C) groups is 1. The highest BCUT2D eigenvalue weighted by Crippen LogP contribution is 2.23. The molecule has 0 saturated carbocycles. The van der Waals surface area contributed by atoms with E-state index in [4.69, 9.17) is 0 Å². The molecule has 0 N–H and O–H groups in total. The molecule has 0 radical (unpaired) electrons. The molecule has 1 unspecified atom stereocenters. The molecule has 0 amide bonds. The van der Waals surface area contributed by atoms with Gasteiger partial charge in [-0.15, -0.1) is 0 Å². The van der Waals surface area contributed by atoms with Crippen molar-refractivity contribution in [2.45, 2.75) is 6.92 Å². The molecular weight excluding hydrogens is 122 g/mol. The van der Waals surface area contributed by atoms with Crippen LogP contribution in [-0.4, -0.2) is 6.21 Å². The van der Waals surface area contributed by atoms with Gasteiger partial charge in [0.1, 0.15) is 0 Å². The molecule has 1 aliphatic rings. The highest BCUT2D eigenvalue weighted by molar-refractivity contribution is 5.73. The Morgan fingerprint density at radius 2 is 2.40 bits per heavy atom. The van der Waals surface area contributed by atoms with Gasteiger partial charge in [0.2, 0.25) is 0 Å². The van der Waals surface area contributed by atoms with Crippen LogP contribution in [-0.2, 0) is 0 Å². The largest absolute Gasteiger partial charge is 0.260 e. The third kappa shape index (κ3) is 1.08. The molecule has 0 spiro atoms. The fourth-order valence-electron chi connectivity index (χ4n) is 0.860. The van der Waals surface area contributed by atoms with Gasteiger partial charge in [0.15, 0.2) is 0 Å². The highest BCUT2D eigenvalue weighted by atomic mass is 14.8. The summed E-state index contributed by atoms with van der Waals surface area (Å²) in [5.74, 6) is 0.395. The number of nitrogens with zero attached hydrogens (tertiary/aromatic N) is 1. The molecule has 0 aliphatic carbocycles. The first kappa shape index (κ1) is 7.00. The second-order valence-electron chi connectivity index (χ2n) is 2.38. The van der Waals surface area contributed by atoms with Crippen LogP contribution >= 0.6 is 0 Å². The molecule has 0 bridgehead atoms. The van der Waals surface area contributed by atoms with Crippen molar-refractivity contribution in [3.8, 4) is 0 Å². The number of hydrogen-bond donors (Lipinski definition) is 0. The average Bonchev–Trinajstić information content (AvgIpc) is 2.20. The quantitative estimate of drug-likeness (QED) is 0.520. The standard InChI is InChI=1S/C9H11N/c1-4-5-9-8(3)7(2)6-10-9/h4-7H,1,3H2,2H3/b9-5+. The Bertz CT molecular complexity index is 221. The van der Waals surface area contributed by atoms with Gasteiger partial charge in [0.05, 0.1) is 5.70 Å². The summed E-state index contributed by atoms with van der Waals surface area (Å²) in [5.41, 5.74) is 2.04. The van der Waals surface area contributed by atoms with Gasteiger partial charge < -0.3 is 0 Å². The summed E-state index contributed by atoms with van der Waals surface area (Å²) in [6.07, 6.45) is 5.51. The summed E-state index contributed by atoms with van der Waals surface area (Å²) in [6.45, 7) is 9.57. The first-order valence-electron chi connectivity index (χ1n) is 3.31. The molecule has 0 fully saturated rings. The van der Waals surface area contributed by atoms with Gasteiger partial charge in [0.25, 0.3) is 0 Å². The average molecular weight is 133 g/mol. The van der Waals surface area contributed by atoms with Gasteiger partial charge >= 0.3 is 0 Å². The van der Waals surface area contributed by atoms with E-state index in [0.717, 1.165) is 11.3 Å². The summed E-state index contributed by atoms with van der Waals surface area (Å²) < 4.78 is 0. The van der Waals surface area contributed by atoms with Crippen molar-refractivity contribution in [1.82, 2.24) is 0 Å². The Morgan fingerprint density at radius 1 is 1.70 bits per heavy atom. The van der Waals surface area contributed by atoms with Gasteiger partial charge in [-0.2, -0.15) is 0 Å². The number of rotatable bonds is 1. The van der Waals surface area contributed by atoms with E-state index >= 15 is 0 Å². The molecule has 1 atom stereocenters. The molecule has 0 aromatic carbocycles. The molecule has 0 aromatic rings. The minimum Gasteiger partial charge on any atom is -0.260 e. The van der Waals surface area contributed by atoms with E-state index in [1.165, 1.54) is 0 Å². The minimum atomic E-state index is 0.395. The maximum absolute atomic E-state index is 4.15. The van der Waals surface area contributed by atoms with Crippen molar-refractivity contribution in [3.05, 3.63) is 36.6 Å². The predicted octanol–water partition coefficient (Wildman–Crippen LogP) is 2.33. The molecule has 1 rings (SSSR count). The van der Waals surface area contributed by atoms with Crippen molar-refractivity contribution >= 4 is 6.21 Å². The molecule has 1 nitrogen and oxygen atoms in total. The second-order valence-corrected chi connectivity index (χ2v) is 2.38. The zero-order valence-electron chi connectivity index (χ0n) is 6.17. The first-order valence-corrected chi connectivity index (χ1v) is 3.31. The first-order chi connectivity index (χ1) is 4.75. The zero-order chi connectivity index (χ0) is 7.56. The van der Waals surface area contributed by atoms with E-state index in [1.807, 2.05) is 12.3 Å². The Hall–Kier alpha value is -1.11. The van der Waals surface area contributed by atoms with Crippen molar-refractivity contribution in [2.75, 3.05) is 0 Å². The lowest BCUT2D eigenvalue weighted by Gasteiger charge is -1.98. The van der Waals surface area contributed by atoms with E-state index in [9.17, 15) is 0 Å². The predicted molar refractivity (Wildman–Crippen MR) is 45.1 cm³/mol. The van der Waals surface area contributed by atoms with E-state index < -0.39 is 0 Å². The molecule has 1 heteroatoms. The van der Waals surface area contributed by atoms with Crippen LogP contribution in [0.3, 0.4) is 0 Å². The Kier molecular flexibility index (Phi) is 1.86. The van der Waals surface area contributed by atoms with Crippen LogP contribution in [0.25, 0.3) is 0 Å². The highest BCUT2D eigenvalue weighted by Gasteiger charge is 2.13. The lowest BCUT2D eigenvalue weighted by atomic mass is 10.1. The summed E-state index contributed by atoms with van der Waals surface area (Å²) in [4.78, 5) is 4.15. The van der Waals surface area contributed by atoms with E-state index in [2.05, 4.69) is 25.1 Å². The topological polar surface area (TPSA) is 12.4 Å². The van der Waals surface area contributed by atoms with Crippen LogP contribution < -0.4 is 0 Å². The summed E-state index contributed by atoms with van der Waals surface area (Å²) >= 11 is 0. The lowest BCUT2D eigenvalue weighted by Crippen LogP contribution is -1.91. The smallest absolute Gasteiger partial charge is 0.0658 e. The Morgan fingerprint density at radius 3 is 2.80 bits per heavy atom. The molecule has 0 aromatic heterocycles. The van der Waals surface area contributed by atoms with Gasteiger partial charge in [-0.25, -0.2) is 0 Å². The van der Waals surface area contributed by atoms with E-state index in [0.29, 0.717) is 5.92 Å². The van der Waals surface area contributed by atoms with Crippen LogP contribution in [0, 0.1) is 5.92 Å². The van der Waals surface area contributed by atoms with E-state index in [-0.39, 0.29) is 0 Å². The van der Waals surface area contributed by atoms with Gasteiger partial charge in [-0.3, -0.25) is 4.99 Å². The Balaban J connectivity index is 2.85. The van der Waals surface area contributed by atoms with Crippen molar-refractivity contribution in [3.63, 3.8) is 0 Å². The summed E-state index contributed by atoms with van der Waals surface area (Å²) in [6, 6.07) is 0. The van der Waals surface area contributed by atoms with Crippen molar-refractivity contribution in [1.29, 1.82) is 0 Å². The maximum atomic E-state index is 4.15.